The highest BCUT2D eigenvalue weighted by atomic mass is 16.6. The SMILES string of the molecule is COc1ccc(COC2(O)CC[C@@]3(C)C(=CC[C@H]4[C@@H]5CC[C@H](C(C)=O)[C@@]5(C)CC[C@@H]43)C2)cc1. The van der Waals surface area contributed by atoms with E-state index in [0.29, 0.717) is 43.0 Å². The van der Waals surface area contributed by atoms with Crippen LogP contribution >= 0.6 is 0 Å². The van der Waals surface area contributed by atoms with Gasteiger partial charge in [0, 0.05) is 18.8 Å². The number of hydrogen-bond donors (Lipinski definition) is 1. The summed E-state index contributed by atoms with van der Waals surface area (Å²) in [7, 11) is 1.66. The zero-order chi connectivity index (χ0) is 23.4. The van der Waals surface area contributed by atoms with Crippen molar-refractivity contribution in [1.29, 1.82) is 0 Å². The predicted octanol–water partition coefficient (Wildman–Crippen LogP) is 6.07. The highest BCUT2D eigenvalue weighted by Crippen LogP contribution is 2.66. The normalized spacial score (nSPS) is 42.0. The van der Waals surface area contributed by atoms with Crippen LogP contribution in [0.3, 0.4) is 0 Å². The van der Waals surface area contributed by atoms with E-state index in [1.807, 2.05) is 24.3 Å². The Morgan fingerprint density at radius 1 is 1.06 bits per heavy atom. The minimum absolute atomic E-state index is 0.147. The fourth-order valence-corrected chi connectivity index (χ4v) is 8.35. The smallest absolute Gasteiger partial charge is 0.169 e. The quantitative estimate of drug-likeness (QED) is 0.435. The number of ketones is 1. The molecule has 5 rings (SSSR count). The van der Waals surface area contributed by atoms with E-state index in [2.05, 4.69) is 19.9 Å². The number of hydrogen-bond acceptors (Lipinski definition) is 4. The third kappa shape index (κ3) is 3.78. The van der Waals surface area contributed by atoms with Crippen LogP contribution in [0, 0.1) is 34.5 Å². The van der Waals surface area contributed by atoms with Crippen LogP contribution in [0.2, 0.25) is 0 Å². The van der Waals surface area contributed by atoms with Crippen molar-refractivity contribution in [3.8, 4) is 5.75 Å². The molecule has 4 aliphatic carbocycles. The zero-order valence-corrected chi connectivity index (χ0v) is 20.7. The van der Waals surface area contributed by atoms with Gasteiger partial charge in [-0.05, 0) is 91.7 Å². The third-order valence-corrected chi connectivity index (χ3v) is 10.3. The summed E-state index contributed by atoms with van der Waals surface area (Å²) in [5.41, 5.74) is 2.78. The van der Waals surface area contributed by atoms with Gasteiger partial charge in [-0.1, -0.05) is 37.6 Å². The van der Waals surface area contributed by atoms with Crippen LogP contribution < -0.4 is 4.74 Å². The van der Waals surface area contributed by atoms with Gasteiger partial charge < -0.3 is 14.6 Å². The maximum Gasteiger partial charge on any atom is 0.169 e. The number of ether oxygens (including phenoxy) is 2. The number of rotatable bonds is 5. The number of allylic oxidation sites excluding steroid dienone is 1. The number of aliphatic hydroxyl groups is 1. The lowest BCUT2D eigenvalue weighted by Gasteiger charge is -2.58. The number of carbonyl (C=O) groups is 1. The molecular formula is C29H40O4. The number of benzene rings is 1. The molecule has 1 aromatic carbocycles. The minimum Gasteiger partial charge on any atom is -0.497 e. The molecule has 4 heteroatoms. The second-order valence-corrected chi connectivity index (χ2v) is 11.8. The van der Waals surface area contributed by atoms with E-state index in [0.717, 1.165) is 30.6 Å². The van der Waals surface area contributed by atoms with Crippen molar-refractivity contribution >= 4 is 5.78 Å². The predicted molar refractivity (Wildman–Crippen MR) is 129 cm³/mol. The monoisotopic (exact) mass is 452 g/mol. The summed E-state index contributed by atoms with van der Waals surface area (Å²) in [5.74, 6) is 2.38. The van der Waals surface area contributed by atoms with Crippen molar-refractivity contribution in [3.05, 3.63) is 41.5 Å². The molecule has 0 bridgehead atoms. The minimum atomic E-state index is -1.09. The van der Waals surface area contributed by atoms with Crippen LogP contribution in [0.25, 0.3) is 0 Å². The second kappa shape index (κ2) is 8.23. The Balaban J connectivity index is 1.30. The van der Waals surface area contributed by atoms with Gasteiger partial charge in [-0.3, -0.25) is 4.79 Å². The Morgan fingerprint density at radius 2 is 1.82 bits per heavy atom. The van der Waals surface area contributed by atoms with Crippen molar-refractivity contribution in [3.63, 3.8) is 0 Å². The van der Waals surface area contributed by atoms with Crippen molar-refractivity contribution in [2.45, 2.75) is 84.5 Å². The van der Waals surface area contributed by atoms with E-state index in [1.54, 1.807) is 14.0 Å². The van der Waals surface area contributed by atoms with Crippen LogP contribution in [-0.2, 0) is 16.1 Å². The first-order chi connectivity index (χ1) is 15.7. The molecule has 0 spiro atoms. The summed E-state index contributed by atoms with van der Waals surface area (Å²) in [5, 5.41) is 11.3. The molecular weight excluding hydrogens is 412 g/mol. The molecule has 1 unspecified atom stereocenters. The molecule has 0 radical (unpaired) electrons. The molecule has 33 heavy (non-hydrogen) atoms. The van der Waals surface area contributed by atoms with Crippen LogP contribution in [0.15, 0.2) is 35.9 Å². The molecule has 0 heterocycles. The van der Waals surface area contributed by atoms with Gasteiger partial charge in [-0.2, -0.15) is 0 Å². The molecule has 1 aromatic rings. The number of fused-ring (bicyclic) bond motifs is 5. The van der Waals surface area contributed by atoms with Crippen LogP contribution in [-0.4, -0.2) is 23.8 Å². The van der Waals surface area contributed by atoms with Gasteiger partial charge in [0.1, 0.15) is 11.5 Å². The summed E-state index contributed by atoms with van der Waals surface area (Å²) < 4.78 is 11.4. The lowest BCUT2D eigenvalue weighted by atomic mass is 9.47. The molecule has 0 aliphatic heterocycles. The maximum atomic E-state index is 12.4. The molecule has 3 fully saturated rings. The first kappa shape index (κ1) is 23.1. The molecule has 0 amide bonds. The van der Waals surface area contributed by atoms with Crippen molar-refractivity contribution in [1.82, 2.24) is 0 Å². The highest BCUT2D eigenvalue weighted by Gasteiger charge is 2.60. The van der Waals surface area contributed by atoms with Gasteiger partial charge in [0.25, 0.3) is 0 Å². The van der Waals surface area contributed by atoms with Crippen molar-refractivity contribution in [2.24, 2.45) is 34.5 Å². The Bertz CT molecular complexity index is 935. The van der Waals surface area contributed by atoms with E-state index in [9.17, 15) is 9.90 Å². The van der Waals surface area contributed by atoms with Gasteiger partial charge in [0.2, 0.25) is 0 Å². The van der Waals surface area contributed by atoms with Gasteiger partial charge in [-0.25, -0.2) is 0 Å². The summed E-state index contributed by atoms with van der Waals surface area (Å²) >= 11 is 0. The van der Waals surface area contributed by atoms with E-state index < -0.39 is 5.79 Å². The topological polar surface area (TPSA) is 55.8 Å². The largest absolute Gasteiger partial charge is 0.497 e. The number of carbonyl (C=O) groups excluding carboxylic acids is 1. The zero-order valence-electron chi connectivity index (χ0n) is 20.7. The van der Waals surface area contributed by atoms with Crippen LogP contribution in [0.1, 0.15) is 77.7 Å². The molecule has 4 nitrogen and oxygen atoms in total. The van der Waals surface area contributed by atoms with E-state index in [1.165, 1.54) is 24.8 Å². The summed E-state index contributed by atoms with van der Waals surface area (Å²) in [6.07, 6.45) is 10.5. The Morgan fingerprint density at radius 3 is 2.52 bits per heavy atom. The molecule has 1 N–H and O–H groups in total. The first-order valence-corrected chi connectivity index (χ1v) is 12.9. The lowest BCUT2D eigenvalue weighted by molar-refractivity contribution is -0.231. The summed E-state index contributed by atoms with van der Waals surface area (Å²) in [6.45, 7) is 7.06. The second-order valence-electron chi connectivity index (χ2n) is 11.8. The molecule has 3 saturated carbocycles. The fourth-order valence-electron chi connectivity index (χ4n) is 8.35. The van der Waals surface area contributed by atoms with Gasteiger partial charge in [0.05, 0.1) is 13.7 Å². The average molecular weight is 453 g/mol. The van der Waals surface area contributed by atoms with Gasteiger partial charge >= 0.3 is 0 Å². The van der Waals surface area contributed by atoms with Crippen molar-refractivity contribution < 1.29 is 19.4 Å². The van der Waals surface area contributed by atoms with Gasteiger partial charge in [-0.15, -0.1) is 0 Å². The van der Waals surface area contributed by atoms with E-state index in [4.69, 9.17) is 9.47 Å². The highest BCUT2D eigenvalue weighted by molar-refractivity contribution is 5.79. The number of methoxy groups -OCH3 is 1. The van der Waals surface area contributed by atoms with Crippen LogP contribution in [0.4, 0.5) is 0 Å². The Labute approximate surface area is 198 Å². The maximum absolute atomic E-state index is 12.4. The Kier molecular flexibility index (Phi) is 5.77. The first-order valence-electron chi connectivity index (χ1n) is 12.9. The third-order valence-electron chi connectivity index (χ3n) is 10.3. The number of Topliss-reactive ketones (excluding diaryl/α,β-unsaturated/α-hetero) is 1. The molecule has 0 saturated heterocycles. The molecule has 7 atom stereocenters. The summed E-state index contributed by atoms with van der Waals surface area (Å²) in [6, 6.07) is 7.85. The Hall–Kier alpha value is -1.65. The summed E-state index contributed by atoms with van der Waals surface area (Å²) in [4.78, 5) is 12.4. The average Bonchev–Trinajstić information content (AvgIpc) is 3.16. The lowest BCUT2D eigenvalue weighted by Crippen LogP contribution is -2.52. The van der Waals surface area contributed by atoms with Crippen LogP contribution in [0.5, 0.6) is 5.75 Å². The molecule has 0 aromatic heterocycles. The molecule has 180 valence electrons. The van der Waals surface area contributed by atoms with E-state index >= 15 is 0 Å². The van der Waals surface area contributed by atoms with E-state index in [-0.39, 0.29) is 16.7 Å². The fraction of sp³-hybridized carbons (Fsp3) is 0.690. The standard InChI is InChI=1S/C29H40O4/c1-19(30)24-11-12-25-23-10-7-21-17-29(31,33-18-20-5-8-22(32-4)9-6-20)16-15-27(21,2)26(23)13-14-28(24,25)3/h5-9,23-26,31H,10-18H2,1-4H3/t23-,24+,25-,26-,27-,28+,29?/m0/s1. The molecule has 4 aliphatic rings. The van der Waals surface area contributed by atoms with Gasteiger partial charge in [0.15, 0.2) is 5.79 Å². The van der Waals surface area contributed by atoms with Crippen molar-refractivity contribution in [2.75, 3.05) is 7.11 Å².